The van der Waals surface area contributed by atoms with Gasteiger partial charge in [-0.2, -0.15) is 0 Å². The number of urea groups is 1. The van der Waals surface area contributed by atoms with Gasteiger partial charge in [0, 0.05) is 18.8 Å². The van der Waals surface area contributed by atoms with Crippen LogP contribution in [0.3, 0.4) is 0 Å². The Hall–Kier alpha value is -2.75. The van der Waals surface area contributed by atoms with Crippen LogP contribution in [0.5, 0.6) is 0 Å². The zero-order valence-electron chi connectivity index (χ0n) is 11.7. The first-order valence-corrected chi connectivity index (χ1v) is 6.89. The minimum atomic E-state index is -0.838. The van der Waals surface area contributed by atoms with Crippen molar-refractivity contribution in [3.63, 3.8) is 0 Å². The zero-order chi connectivity index (χ0) is 16.5. The largest absolute Gasteiger partial charge is 0.451 e. The fraction of sp³-hybridized carbons (Fsp3) is 0.250. The van der Waals surface area contributed by atoms with Gasteiger partial charge in [0.2, 0.25) is 5.91 Å². The van der Waals surface area contributed by atoms with Crippen LogP contribution in [0.4, 0.5) is 9.93 Å². The molecule has 1 aromatic rings. The number of ether oxygens (including phenoxy) is 1. The number of amides is 4. The Bertz CT molecular complexity index is 598. The summed E-state index contributed by atoms with van der Waals surface area (Å²) in [5.41, 5.74) is -0.0438. The summed E-state index contributed by atoms with van der Waals surface area (Å²) in [5, 5.41) is 8.32. The second-order valence-electron chi connectivity index (χ2n) is 3.84. The van der Waals surface area contributed by atoms with Gasteiger partial charge in [0.15, 0.2) is 17.4 Å². The number of hydrogen-bond acceptors (Lipinski definition) is 7. The summed E-state index contributed by atoms with van der Waals surface area (Å²) in [5.74, 6) is -1.94. The van der Waals surface area contributed by atoms with E-state index in [1.165, 1.54) is 18.4 Å². The minimum absolute atomic E-state index is 0.0438. The third kappa shape index (κ3) is 6.13. The number of nitrogens with zero attached hydrogens (tertiary/aromatic N) is 1. The van der Waals surface area contributed by atoms with Gasteiger partial charge in [-0.05, 0) is 0 Å². The SMILES string of the molecule is C=CCNC(=O)NC(=O)COC(=O)c1csc(NC(C)=O)n1. The molecule has 10 heteroatoms. The molecule has 3 N–H and O–H groups in total. The number of esters is 1. The van der Waals surface area contributed by atoms with E-state index in [0.717, 1.165) is 11.3 Å². The fourth-order valence-corrected chi connectivity index (χ4v) is 1.88. The van der Waals surface area contributed by atoms with Crippen LogP contribution in [0.15, 0.2) is 18.0 Å². The highest BCUT2D eigenvalue weighted by molar-refractivity contribution is 7.14. The van der Waals surface area contributed by atoms with Crippen molar-refractivity contribution < 1.29 is 23.9 Å². The average Bonchev–Trinajstić information content (AvgIpc) is 2.90. The fourth-order valence-electron chi connectivity index (χ4n) is 1.15. The summed E-state index contributed by atoms with van der Waals surface area (Å²) in [6.45, 7) is 4.27. The summed E-state index contributed by atoms with van der Waals surface area (Å²) in [6, 6.07) is -0.720. The monoisotopic (exact) mass is 326 g/mol. The smallest absolute Gasteiger partial charge is 0.358 e. The maximum absolute atomic E-state index is 11.6. The summed E-state index contributed by atoms with van der Waals surface area (Å²) in [4.78, 5) is 48.8. The predicted octanol–water partition coefficient (Wildman–Crippen LogP) is 0.270. The molecule has 0 aliphatic carbocycles. The predicted molar refractivity (Wildman–Crippen MR) is 78.4 cm³/mol. The number of imide groups is 1. The van der Waals surface area contributed by atoms with E-state index < -0.39 is 24.5 Å². The molecule has 0 bridgehead atoms. The van der Waals surface area contributed by atoms with Crippen LogP contribution in [0.25, 0.3) is 0 Å². The Balaban J connectivity index is 2.40. The van der Waals surface area contributed by atoms with Gasteiger partial charge in [-0.3, -0.25) is 14.9 Å². The molecule has 0 saturated carbocycles. The number of rotatable bonds is 6. The molecule has 0 spiro atoms. The minimum Gasteiger partial charge on any atom is -0.451 e. The highest BCUT2D eigenvalue weighted by atomic mass is 32.1. The molecule has 0 atom stereocenters. The number of carbonyl (C=O) groups is 4. The summed E-state index contributed by atoms with van der Waals surface area (Å²) in [7, 11) is 0. The molecule has 1 aromatic heterocycles. The van der Waals surface area contributed by atoms with E-state index in [9.17, 15) is 19.2 Å². The summed E-state index contributed by atoms with van der Waals surface area (Å²) >= 11 is 1.04. The van der Waals surface area contributed by atoms with E-state index >= 15 is 0 Å². The Kier molecular flexibility index (Phi) is 6.70. The first-order chi connectivity index (χ1) is 10.4. The van der Waals surface area contributed by atoms with Gasteiger partial charge < -0.3 is 15.4 Å². The van der Waals surface area contributed by atoms with Crippen LogP contribution in [0.2, 0.25) is 0 Å². The van der Waals surface area contributed by atoms with Crippen molar-refractivity contribution in [2.24, 2.45) is 0 Å². The van der Waals surface area contributed by atoms with Gasteiger partial charge in [0.25, 0.3) is 5.91 Å². The molecule has 1 heterocycles. The Labute approximate surface area is 129 Å². The molecule has 0 saturated heterocycles. The molecule has 0 fully saturated rings. The Morgan fingerprint density at radius 1 is 1.41 bits per heavy atom. The molecule has 0 aliphatic rings. The normalized spacial score (nSPS) is 9.50. The van der Waals surface area contributed by atoms with Crippen LogP contribution in [0.1, 0.15) is 17.4 Å². The molecule has 1 rings (SSSR count). The Morgan fingerprint density at radius 2 is 2.14 bits per heavy atom. The van der Waals surface area contributed by atoms with Crippen LogP contribution in [0, 0.1) is 0 Å². The number of thiazole rings is 1. The van der Waals surface area contributed by atoms with Crippen LogP contribution >= 0.6 is 11.3 Å². The zero-order valence-corrected chi connectivity index (χ0v) is 12.5. The Morgan fingerprint density at radius 3 is 2.77 bits per heavy atom. The van der Waals surface area contributed by atoms with E-state index in [-0.39, 0.29) is 23.3 Å². The molecule has 0 aromatic carbocycles. The van der Waals surface area contributed by atoms with Crippen molar-refractivity contribution >= 4 is 40.3 Å². The van der Waals surface area contributed by atoms with Gasteiger partial charge in [-0.25, -0.2) is 14.6 Å². The van der Waals surface area contributed by atoms with E-state index in [1.807, 2.05) is 5.32 Å². The number of anilines is 1. The van der Waals surface area contributed by atoms with Gasteiger partial charge in [-0.1, -0.05) is 6.08 Å². The summed E-state index contributed by atoms with van der Waals surface area (Å²) < 4.78 is 4.69. The van der Waals surface area contributed by atoms with Crippen molar-refractivity contribution in [3.8, 4) is 0 Å². The lowest BCUT2D eigenvalue weighted by Gasteiger charge is -2.05. The number of carbonyl (C=O) groups excluding carboxylic acids is 4. The third-order valence-electron chi connectivity index (χ3n) is 1.99. The number of nitrogens with one attached hydrogen (secondary N) is 3. The molecule has 9 nitrogen and oxygen atoms in total. The van der Waals surface area contributed by atoms with Crippen LogP contribution in [-0.2, 0) is 14.3 Å². The van der Waals surface area contributed by atoms with Gasteiger partial charge in [0.1, 0.15) is 0 Å². The van der Waals surface area contributed by atoms with Crippen molar-refractivity contribution in [2.75, 3.05) is 18.5 Å². The van der Waals surface area contributed by atoms with Crippen molar-refractivity contribution in [1.29, 1.82) is 0 Å². The first-order valence-electron chi connectivity index (χ1n) is 6.01. The van der Waals surface area contributed by atoms with Crippen LogP contribution < -0.4 is 16.0 Å². The lowest BCUT2D eigenvalue weighted by atomic mass is 10.5. The average molecular weight is 326 g/mol. The molecule has 22 heavy (non-hydrogen) atoms. The second-order valence-corrected chi connectivity index (χ2v) is 4.70. The van der Waals surface area contributed by atoms with E-state index in [1.54, 1.807) is 0 Å². The van der Waals surface area contributed by atoms with Crippen molar-refractivity contribution in [3.05, 3.63) is 23.7 Å². The van der Waals surface area contributed by atoms with Gasteiger partial charge in [0.05, 0.1) is 0 Å². The first kappa shape index (κ1) is 17.3. The van der Waals surface area contributed by atoms with E-state index in [2.05, 4.69) is 22.2 Å². The molecular weight excluding hydrogens is 312 g/mol. The highest BCUT2D eigenvalue weighted by Crippen LogP contribution is 2.15. The van der Waals surface area contributed by atoms with Gasteiger partial charge >= 0.3 is 12.0 Å². The third-order valence-corrected chi connectivity index (χ3v) is 2.75. The quantitative estimate of drug-likeness (QED) is 0.509. The van der Waals surface area contributed by atoms with E-state index in [0.29, 0.717) is 0 Å². The molecule has 0 aliphatic heterocycles. The number of aromatic nitrogens is 1. The highest BCUT2D eigenvalue weighted by Gasteiger charge is 2.15. The maximum Gasteiger partial charge on any atom is 0.358 e. The summed E-state index contributed by atoms with van der Waals surface area (Å²) in [6.07, 6.45) is 1.44. The standard InChI is InChI=1S/C12H14N4O5S/c1-3-4-13-11(20)16-9(18)5-21-10(19)8-6-22-12(15-8)14-7(2)17/h3,6H,1,4-5H2,2H3,(H,14,15,17)(H2,13,16,18,20). The lowest BCUT2D eigenvalue weighted by Crippen LogP contribution is -2.41. The molecule has 118 valence electrons. The lowest BCUT2D eigenvalue weighted by molar-refractivity contribution is -0.123. The molecular formula is C12H14N4O5S. The topological polar surface area (TPSA) is 126 Å². The van der Waals surface area contributed by atoms with E-state index in [4.69, 9.17) is 4.74 Å². The van der Waals surface area contributed by atoms with Crippen molar-refractivity contribution in [2.45, 2.75) is 6.92 Å². The van der Waals surface area contributed by atoms with Gasteiger partial charge in [-0.15, -0.1) is 17.9 Å². The molecule has 0 unspecified atom stereocenters. The molecule has 4 amide bonds. The maximum atomic E-state index is 11.6. The number of hydrogen-bond donors (Lipinski definition) is 3. The van der Waals surface area contributed by atoms with Crippen molar-refractivity contribution in [1.82, 2.24) is 15.6 Å². The second kappa shape index (κ2) is 8.52. The molecule has 0 radical (unpaired) electrons. The van der Waals surface area contributed by atoms with Crippen LogP contribution in [-0.4, -0.2) is 42.0 Å².